The number of carbonyl (C=O) groups is 1. The van der Waals surface area contributed by atoms with Crippen LogP contribution in [0.2, 0.25) is 5.02 Å². The van der Waals surface area contributed by atoms with Crippen molar-refractivity contribution in [2.45, 2.75) is 6.92 Å². The highest BCUT2D eigenvalue weighted by Gasteiger charge is 2.13. The van der Waals surface area contributed by atoms with Gasteiger partial charge >= 0.3 is 5.97 Å². The lowest BCUT2D eigenvalue weighted by Crippen LogP contribution is -2.05. The Kier molecular flexibility index (Phi) is 3.81. The van der Waals surface area contributed by atoms with Crippen molar-refractivity contribution < 1.29 is 14.3 Å². The molecule has 0 saturated heterocycles. The quantitative estimate of drug-likeness (QED) is 0.752. The van der Waals surface area contributed by atoms with Crippen LogP contribution in [0.15, 0.2) is 30.3 Å². The molecule has 104 valence electrons. The van der Waals surface area contributed by atoms with Crippen LogP contribution in [0, 0.1) is 12.7 Å². The number of halogens is 2. The topological polar surface area (TPSA) is 75.3 Å². The van der Waals surface area contributed by atoms with E-state index in [0.29, 0.717) is 10.7 Å². The van der Waals surface area contributed by atoms with Gasteiger partial charge in [0.2, 0.25) is 0 Å². The molecule has 2 rings (SSSR count). The Morgan fingerprint density at radius 3 is 2.65 bits per heavy atom. The van der Waals surface area contributed by atoms with Crippen LogP contribution >= 0.6 is 11.6 Å². The van der Waals surface area contributed by atoms with E-state index in [2.05, 4.69) is 5.32 Å². The van der Waals surface area contributed by atoms with Crippen molar-refractivity contribution >= 4 is 34.6 Å². The standard InChI is InChI=1S/C14H12ClFN2O2/c1-7-2-3-8(4-10(7)15)18-13-5-9(14(19)20)12(17)6-11(13)16/h2-6,18H,17H2,1H3,(H,19,20). The molecule has 0 amide bonds. The fourth-order valence-corrected chi connectivity index (χ4v) is 1.88. The third kappa shape index (κ3) is 2.83. The number of hydrogen-bond acceptors (Lipinski definition) is 3. The van der Waals surface area contributed by atoms with Crippen LogP contribution < -0.4 is 11.1 Å². The fourth-order valence-electron chi connectivity index (χ4n) is 1.70. The summed E-state index contributed by atoms with van der Waals surface area (Å²) in [5.74, 6) is -1.85. The molecule has 0 radical (unpaired) electrons. The zero-order valence-corrected chi connectivity index (χ0v) is 11.3. The van der Waals surface area contributed by atoms with E-state index in [4.69, 9.17) is 22.4 Å². The summed E-state index contributed by atoms with van der Waals surface area (Å²) >= 11 is 5.98. The Morgan fingerprint density at radius 1 is 1.35 bits per heavy atom. The zero-order valence-electron chi connectivity index (χ0n) is 10.6. The summed E-state index contributed by atoms with van der Waals surface area (Å²) in [4.78, 5) is 11.0. The first kappa shape index (κ1) is 14.1. The van der Waals surface area contributed by atoms with Gasteiger partial charge in [-0.15, -0.1) is 0 Å². The van der Waals surface area contributed by atoms with Crippen LogP contribution in [-0.4, -0.2) is 11.1 Å². The van der Waals surface area contributed by atoms with Crippen LogP contribution in [-0.2, 0) is 0 Å². The highest BCUT2D eigenvalue weighted by Crippen LogP contribution is 2.27. The van der Waals surface area contributed by atoms with Crippen LogP contribution in [0.5, 0.6) is 0 Å². The first-order valence-electron chi connectivity index (χ1n) is 5.74. The lowest BCUT2D eigenvalue weighted by molar-refractivity contribution is 0.0698. The number of nitrogens with two attached hydrogens (primary N) is 1. The molecule has 2 aromatic rings. The smallest absolute Gasteiger partial charge is 0.337 e. The van der Waals surface area contributed by atoms with E-state index in [1.165, 1.54) is 0 Å². The van der Waals surface area contributed by atoms with Gasteiger partial charge in [-0.05, 0) is 36.8 Å². The second-order valence-corrected chi connectivity index (χ2v) is 4.72. The van der Waals surface area contributed by atoms with Gasteiger partial charge in [0.1, 0.15) is 5.82 Å². The predicted molar refractivity (Wildman–Crippen MR) is 77.2 cm³/mol. The number of hydrogen-bond donors (Lipinski definition) is 3. The monoisotopic (exact) mass is 294 g/mol. The number of benzene rings is 2. The SMILES string of the molecule is Cc1ccc(Nc2cc(C(=O)O)c(N)cc2F)cc1Cl. The van der Waals surface area contributed by atoms with E-state index in [0.717, 1.165) is 17.7 Å². The lowest BCUT2D eigenvalue weighted by Gasteiger charge is -2.11. The molecule has 0 aliphatic heterocycles. The van der Waals surface area contributed by atoms with E-state index in [-0.39, 0.29) is 16.9 Å². The maximum absolute atomic E-state index is 13.8. The Morgan fingerprint density at radius 2 is 2.05 bits per heavy atom. The first-order valence-corrected chi connectivity index (χ1v) is 6.12. The number of nitrogen functional groups attached to an aromatic ring is 1. The number of carboxylic acid groups (broad SMARTS) is 1. The van der Waals surface area contributed by atoms with Gasteiger partial charge in [-0.1, -0.05) is 17.7 Å². The lowest BCUT2D eigenvalue weighted by atomic mass is 10.1. The number of rotatable bonds is 3. The van der Waals surface area contributed by atoms with Gasteiger partial charge in [-0.25, -0.2) is 9.18 Å². The van der Waals surface area contributed by atoms with Gasteiger partial charge in [0.15, 0.2) is 0 Å². The zero-order chi connectivity index (χ0) is 14.9. The number of nitrogens with one attached hydrogen (secondary N) is 1. The van der Waals surface area contributed by atoms with Crippen molar-refractivity contribution in [1.82, 2.24) is 0 Å². The van der Waals surface area contributed by atoms with Crippen molar-refractivity contribution in [2.75, 3.05) is 11.1 Å². The van der Waals surface area contributed by atoms with E-state index < -0.39 is 11.8 Å². The second kappa shape index (κ2) is 5.38. The molecule has 4 nitrogen and oxygen atoms in total. The summed E-state index contributed by atoms with van der Waals surface area (Å²) in [6.45, 7) is 1.85. The Balaban J connectivity index is 2.40. The van der Waals surface area contributed by atoms with Gasteiger partial charge in [0.25, 0.3) is 0 Å². The minimum atomic E-state index is -1.22. The number of carboxylic acids is 1. The van der Waals surface area contributed by atoms with E-state index in [1.54, 1.807) is 18.2 Å². The Hall–Kier alpha value is -2.27. The summed E-state index contributed by atoms with van der Waals surface area (Å²) in [7, 11) is 0. The third-order valence-electron chi connectivity index (χ3n) is 2.82. The molecule has 0 unspecified atom stereocenters. The van der Waals surface area contributed by atoms with Crippen molar-refractivity contribution in [3.8, 4) is 0 Å². The summed E-state index contributed by atoms with van der Waals surface area (Å²) < 4.78 is 13.8. The molecule has 0 fully saturated rings. The third-order valence-corrected chi connectivity index (χ3v) is 3.23. The van der Waals surface area contributed by atoms with Gasteiger partial charge in [0, 0.05) is 16.4 Å². The van der Waals surface area contributed by atoms with Gasteiger partial charge in [-0.3, -0.25) is 0 Å². The molecule has 0 aliphatic rings. The molecule has 0 bridgehead atoms. The average molecular weight is 295 g/mol. The molecule has 0 saturated carbocycles. The molecule has 0 atom stereocenters. The maximum atomic E-state index is 13.8. The Labute approximate surface area is 120 Å². The van der Waals surface area contributed by atoms with Crippen molar-refractivity contribution in [3.63, 3.8) is 0 Å². The maximum Gasteiger partial charge on any atom is 0.337 e. The average Bonchev–Trinajstić information content (AvgIpc) is 2.36. The first-order chi connectivity index (χ1) is 9.38. The fraction of sp³-hybridized carbons (Fsp3) is 0.0714. The highest BCUT2D eigenvalue weighted by atomic mass is 35.5. The van der Waals surface area contributed by atoms with Crippen molar-refractivity contribution in [1.29, 1.82) is 0 Å². The number of aromatic carboxylic acids is 1. The van der Waals surface area contributed by atoms with E-state index in [9.17, 15) is 9.18 Å². The molecule has 0 heterocycles. The highest BCUT2D eigenvalue weighted by molar-refractivity contribution is 6.31. The molecular weight excluding hydrogens is 283 g/mol. The predicted octanol–water partition coefficient (Wildman–Crippen LogP) is 3.81. The normalized spacial score (nSPS) is 10.3. The van der Waals surface area contributed by atoms with E-state index in [1.807, 2.05) is 6.92 Å². The number of anilines is 3. The Bertz CT molecular complexity index is 689. The minimum absolute atomic E-state index is 0.0246. The summed E-state index contributed by atoms with van der Waals surface area (Å²) in [6, 6.07) is 7.25. The number of aryl methyl sites for hydroxylation is 1. The molecular formula is C14H12ClFN2O2. The molecule has 2 aromatic carbocycles. The van der Waals surface area contributed by atoms with Crippen molar-refractivity contribution in [3.05, 3.63) is 52.3 Å². The largest absolute Gasteiger partial charge is 0.478 e. The molecule has 0 aromatic heterocycles. The summed E-state index contributed by atoms with van der Waals surface area (Å²) in [6.07, 6.45) is 0. The molecule has 4 N–H and O–H groups in total. The van der Waals surface area contributed by atoms with Crippen LogP contribution in [0.25, 0.3) is 0 Å². The second-order valence-electron chi connectivity index (χ2n) is 4.31. The van der Waals surface area contributed by atoms with Crippen LogP contribution in [0.4, 0.5) is 21.5 Å². The van der Waals surface area contributed by atoms with Crippen molar-refractivity contribution in [2.24, 2.45) is 0 Å². The van der Waals surface area contributed by atoms with Gasteiger partial charge < -0.3 is 16.2 Å². The van der Waals surface area contributed by atoms with Gasteiger partial charge in [-0.2, -0.15) is 0 Å². The van der Waals surface area contributed by atoms with E-state index >= 15 is 0 Å². The molecule has 0 aliphatic carbocycles. The molecule has 20 heavy (non-hydrogen) atoms. The van der Waals surface area contributed by atoms with Gasteiger partial charge in [0.05, 0.1) is 11.3 Å². The minimum Gasteiger partial charge on any atom is -0.478 e. The summed E-state index contributed by atoms with van der Waals surface area (Å²) in [5.41, 5.74) is 6.65. The molecule has 6 heteroatoms. The van der Waals surface area contributed by atoms with Crippen LogP contribution in [0.1, 0.15) is 15.9 Å². The summed E-state index contributed by atoms with van der Waals surface area (Å²) in [5, 5.41) is 12.3. The molecule has 0 spiro atoms. The van der Waals surface area contributed by atoms with Crippen LogP contribution in [0.3, 0.4) is 0 Å².